The van der Waals surface area contributed by atoms with Gasteiger partial charge in [0.1, 0.15) is 6.04 Å². The van der Waals surface area contributed by atoms with Crippen molar-refractivity contribution in [2.75, 3.05) is 18.9 Å². The van der Waals surface area contributed by atoms with Crippen LogP contribution in [0.1, 0.15) is 36.9 Å². The largest absolute Gasteiger partial charge is 0.324 e. The van der Waals surface area contributed by atoms with Crippen molar-refractivity contribution in [3.05, 3.63) is 65.7 Å². The van der Waals surface area contributed by atoms with E-state index in [9.17, 15) is 4.79 Å². The van der Waals surface area contributed by atoms with Crippen LogP contribution in [0.3, 0.4) is 0 Å². The predicted octanol–water partition coefficient (Wildman–Crippen LogP) is 4.41. The number of hydrogen-bond acceptors (Lipinski definition) is 2. The predicted molar refractivity (Wildman–Crippen MR) is 96.5 cm³/mol. The number of hydrogen-bond donors (Lipinski definition) is 1. The molecule has 3 nitrogen and oxygen atoms in total. The molecule has 0 saturated heterocycles. The zero-order chi connectivity index (χ0) is 16.7. The minimum Gasteiger partial charge on any atom is -0.324 e. The molecule has 0 saturated carbocycles. The van der Waals surface area contributed by atoms with E-state index in [2.05, 4.69) is 17.1 Å². The number of nitrogens with one attached hydrogen (secondary N) is 1. The van der Waals surface area contributed by atoms with Gasteiger partial charge in [0.05, 0.1) is 0 Å². The van der Waals surface area contributed by atoms with Gasteiger partial charge in [-0.3, -0.25) is 9.69 Å². The molecule has 0 heterocycles. The van der Waals surface area contributed by atoms with Crippen molar-refractivity contribution in [2.24, 2.45) is 0 Å². The Bertz CT molecular complexity index is 607. The van der Waals surface area contributed by atoms with Gasteiger partial charge in [0, 0.05) is 5.69 Å². The summed E-state index contributed by atoms with van der Waals surface area (Å²) in [4.78, 5) is 15.0. The zero-order valence-electron chi connectivity index (χ0n) is 14.3. The van der Waals surface area contributed by atoms with Crippen molar-refractivity contribution >= 4 is 11.6 Å². The SMILES string of the molecule is CCCCN(C)[C@H](C(=O)Nc1ccc(C)cc1)c1ccccc1. The molecule has 122 valence electrons. The Balaban J connectivity index is 2.18. The number of rotatable bonds is 7. The van der Waals surface area contributed by atoms with Gasteiger partial charge in [0.2, 0.25) is 5.91 Å². The van der Waals surface area contributed by atoms with Crippen molar-refractivity contribution in [2.45, 2.75) is 32.7 Å². The van der Waals surface area contributed by atoms with Crippen LogP contribution in [0.4, 0.5) is 5.69 Å². The topological polar surface area (TPSA) is 32.3 Å². The molecule has 0 unspecified atom stereocenters. The van der Waals surface area contributed by atoms with Gasteiger partial charge < -0.3 is 5.32 Å². The van der Waals surface area contributed by atoms with E-state index in [1.807, 2.05) is 68.6 Å². The molecule has 0 spiro atoms. The van der Waals surface area contributed by atoms with Crippen molar-refractivity contribution in [1.82, 2.24) is 4.90 Å². The van der Waals surface area contributed by atoms with Crippen molar-refractivity contribution < 1.29 is 4.79 Å². The molecule has 1 amide bonds. The molecule has 2 aromatic rings. The Morgan fingerprint density at radius 1 is 1.09 bits per heavy atom. The maximum Gasteiger partial charge on any atom is 0.246 e. The van der Waals surface area contributed by atoms with Crippen LogP contribution in [-0.2, 0) is 4.79 Å². The molecule has 0 fully saturated rings. The van der Waals surface area contributed by atoms with Crippen LogP contribution in [0.25, 0.3) is 0 Å². The van der Waals surface area contributed by atoms with Gasteiger partial charge in [-0.2, -0.15) is 0 Å². The molecule has 0 radical (unpaired) electrons. The highest BCUT2D eigenvalue weighted by Crippen LogP contribution is 2.22. The third-order valence-electron chi connectivity index (χ3n) is 3.99. The maximum absolute atomic E-state index is 12.8. The summed E-state index contributed by atoms with van der Waals surface area (Å²) >= 11 is 0. The Hall–Kier alpha value is -2.13. The monoisotopic (exact) mass is 310 g/mol. The summed E-state index contributed by atoms with van der Waals surface area (Å²) < 4.78 is 0. The molecule has 3 heteroatoms. The van der Waals surface area contributed by atoms with Gasteiger partial charge in [-0.15, -0.1) is 0 Å². The summed E-state index contributed by atoms with van der Waals surface area (Å²) in [5, 5.41) is 3.04. The number of carbonyl (C=O) groups excluding carboxylic acids is 1. The summed E-state index contributed by atoms with van der Waals surface area (Å²) in [5.41, 5.74) is 3.05. The lowest BCUT2D eigenvalue weighted by molar-refractivity contribution is -0.121. The molecule has 0 aliphatic heterocycles. The number of carbonyl (C=O) groups is 1. The molecular formula is C20H26N2O. The van der Waals surface area contributed by atoms with Crippen LogP contribution in [-0.4, -0.2) is 24.4 Å². The van der Waals surface area contributed by atoms with E-state index in [1.54, 1.807) is 0 Å². The zero-order valence-corrected chi connectivity index (χ0v) is 14.3. The molecule has 23 heavy (non-hydrogen) atoms. The summed E-state index contributed by atoms with van der Waals surface area (Å²) in [6.07, 6.45) is 2.20. The Morgan fingerprint density at radius 2 is 1.74 bits per heavy atom. The second-order valence-electron chi connectivity index (χ2n) is 6.00. The maximum atomic E-state index is 12.8. The highest BCUT2D eigenvalue weighted by molar-refractivity contribution is 5.95. The lowest BCUT2D eigenvalue weighted by atomic mass is 10.0. The third-order valence-corrected chi connectivity index (χ3v) is 3.99. The molecule has 1 atom stereocenters. The van der Waals surface area contributed by atoms with E-state index in [0.717, 1.165) is 30.6 Å². The fourth-order valence-corrected chi connectivity index (χ4v) is 2.63. The summed E-state index contributed by atoms with van der Waals surface area (Å²) in [7, 11) is 2.02. The van der Waals surface area contributed by atoms with Crippen molar-refractivity contribution in [3.63, 3.8) is 0 Å². The molecule has 2 aromatic carbocycles. The van der Waals surface area contributed by atoms with Crippen LogP contribution in [0.5, 0.6) is 0 Å². The average Bonchev–Trinajstić information content (AvgIpc) is 2.56. The van der Waals surface area contributed by atoms with Gasteiger partial charge in [-0.1, -0.05) is 61.4 Å². The summed E-state index contributed by atoms with van der Waals surface area (Å²) in [5.74, 6) is 0.0126. The first-order valence-electron chi connectivity index (χ1n) is 8.24. The molecular weight excluding hydrogens is 284 g/mol. The van der Waals surface area contributed by atoms with Gasteiger partial charge in [-0.25, -0.2) is 0 Å². The number of unbranched alkanes of at least 4 members (excludes halogenated alkanes) is 1. The van der Waals surface area contributed by atoms with Crippen molar-refractivity contribution in [3.8, 4) is 0 Å². The van der Waals surface area contributed by atoms with Crippen LogP contribution >= 0.6 is 0 Å². The van der Waals surface area contributed by atoms with E-state index >= 15 is 0 Å². The van der Waals surface area contributed by atoms with E-state index in [4.69, 9.17) is 0 Å². The van der Waals surface area contributed by atoms with E-state index in [0.29, 0.717) is 0 Å². The Kier molecular flexibility index (Phi) is 6.36. The van der Waals surface area contributed by atoms with E-state index < -0.39 is 0 Å². The van der Waals surface area contributed by atoms with Crippen LogP contribution in [0, 0.1) is 6.92 Å². The van der Waals surface area contributed by atoms with Crippen LogP contribution in [0.15, 0.2) is 54.6 Å². The molecule has 0 aliphatic carbocycles. The number of likely N-dealkylation sites (N-methyl/N-ethyl adjacent to an activating group) is 1. The fraction of sp³-hybridized carbons (Fsp3) is 0.350. The first kappa shape index (κ1) is 17.2. The molecule has 0 bridgehead atoms. The third kappa shape index (κ3) is 4.93. The second-order valence-corrected chi connectivity index (χ2v) is 6.00. The van der Waals surface area contributed by atoms with Gasteiger partial charge in [-0.05, 0) is 44.6 Å². The average molecular weight is 310 g/mol. The molecule has 0 aliphatic rings. The number of amides is 1. The van der Waals surface area contributed by atoms with E-state index in [1.165, 1.54) is 5.56 Å². The number of nitrogens with zero attached hydrogens (tertiary/aromatic N) is 1. The smallest absolute Gasteiger partial charge is 0.246 e. The lowest BCUT2D eigenvalue weighted by Gasteiger charge is -2.27. The van der Waals surface area contributed by atoms with Crippen molar-refractivity contribution in [1.29, 1.82) is 0 Å². The molecule has 0 aromatic heterocycles. The summed E-state index contributed by atoms with van der Waals surface area (Å²) in [6, 6.07) is 17.6. The van der Waals surface area contributed by atoms with Crippen LogP contribution < -0.4 is 5.32 Å². The van der Waals surface area contributed by atoms with Crippen LogP contribution in [0.2, 0.25) is 0 Å². The highest BCUT2D eigenvalue weighted by Gasteiger charge is 2.24. The normalized spacial score (nSPS) is 12.2. The molecule has 1 N–H and O–H groups in total. The second kappa shape index (κ2) is 8.49. The molecule has 2 rings (SSSR count). The number of anilines is 1. The van der Waals surface area contributed by atoms with Gasteiger partial charge in [0.25, 0.3) is 0 Å². The first-order chi connectivity index (χ1) is 11.1. The number of benzene rings is 2. The minimum atomic E-state index is -0.274. The lowest BCUT2D eigenvalue weighted by Crippen LogP contribution is -2.35. The summed E-state index contributed by atoms with van der Waals surface area (Å²) in [6.45, 7) is 5.10. The first-order valence-corrected chi connectivity index (χ1v) is 8.24. The van der Waals surface area contributed by atoms with Gasteiger partial charge in [0.15, 0.2) is 0 Å². The Labute approximate surface area is 139 Å². The fourth-order valence-electron chi connectivity index (χ4n) is 2.63. The highest BCUT2D eigenvalue weighted by atomic mass is 16.2. The Morgan fingerprint density at radius 3 is 2.35 bits per heavy atom. The minimum absolute atomic E-state index is 0.0126. The quantitative estimate of drug-likeness (QED) is 0.821. The number of aryl methyl sites for hydroxylation is 1. The standard InChI is InChI=1S/C20H26N2O/c1-4-5-15-22(3)19(17-9-7-6-8-10-17)20(23)21-18-13-11-16(2)12-14-18/h6-14,19H,4-5,15H2,1-3H3,(H,21,23)/t19-/m0/s1. The van der Waals surface area contributed by atoms with Gasteiger partial charge >= 0.3 is 0 Å². The van der Waals surface area contributed by atoms with E-state index in [-0.39, 0.29) is 11.9 Å².